The first-order chi connectivity index (χ1) is 8.61. The highest BCUT2D eigenvalue weighted by Gasteiger charge is 2.22. The minimum Gasteiger partial charge on any atom is -0.336 e. The standard InChI is InChI=1S/C13H16Cl2N2O/c1-2-16-5-7-17(8-6-16)13(18)11-4-3-10(14)9-12(11)15/h3-4,9H,2,5-8H2,1H3. The van der Waals surface area contributed by atoms with Gasteiger partial charge in [0, 0.05) is 31.2 Å². The van der Waals surface area contributed by atoms with Gasteiger partial charge in [-0.15, -0.1) is 0 Å². The van der Waals surface area contributed by atoms with E-state index >= 15 is 0 Å². The lowest BCUT2D eigenvalue weighted by atomic mass is 10.2. The van der Waals surface area contributed by atoms with E-state index in [1.165, 1.54) is 0 Å². The summed E-state index contributed by atoms with van der Waals surface area (Å²) in [7, 11) is 0. The Morgan fingerprint density at radius 2 is 1.89 bits per heavy atom. The van der Waals surface area contributed by atoms with Gasteiger partial charge in [0.05, 0.1) is 10.6 Å². The molecule has 1 aliphatic rings. The minimum absolute atomic E-state index is 0.00702. The quantitative estimate of drug-likeness (QED) is 0.835. The first kappa shape index (κ1) is 13.7. The molecule has 0 aliphatic carbocycles. The Bertz CT molecular complexity index is 443. The van der Waals surface area contributed by atoms with Crippen LogP contribution in [0.2, 0.25) is 10.0 Å². The number of nitrogens with zero attached hydrogens (tertiary/aromatic N) is 2. The third-order valence-electron chi connectivity index (χ3n) is 3.27. The number of hydrogen-bond donors (Lipinski definition) is 0. The lowest BCUT2D eigenvalue weighted by molar-refractivity contribution is 0.0643. The molecule has 1 amide bonds. The number of halogens is 2. The van der Waals surface area contributed by atoms with E-state index < -0.39 is 0 Å². The largest absolute Gasteiger partial charge is 0.336 e. The number of likely N-dealkylation sites (N-methyl/N-ethyl adjacent to an activating group) is 1. The summed E-state index contributed by atoms with van der Waals surface area (Å²) in [6.07, 6.45) is 0. The van der Waals surface area contributed by atoms with Crippen molar-refractivity contribution in [2.45, 2.75) is 6.92 Å². The van der Waals surface area contributed by atoms with Crippen molar-refractivity contribution in [3.63, 3.8) is 0 Å². The molecule has 1 aromatic rings. The minimum atomic E-state index is -0.00702. The predicted octanol–water partition coefficient (Wildman–Crippen LogP) is 2.77. The van der Waals surface area contributed by atoms with E-state index in [-0.39, 0.29) is 5.91 Å². The molecule has 1 aromatic carbocycles. The SMILES string of the molecule is CCN1CCN(C(=O)c2ccc(Cl)cc2Cl)CC1. The van der Waals surface area contributed by atoms with Crippen LogP contribution >= 0.6 is 23.2 Å². The molecule has 1 aliphatic heterocycles. The molecular weight excluding hydrogens is 271 g/mol. The molecule has 0 aromatic heterocycles. The van der Waals surface area contributed by atoms with E-state index in [0.717, 1.165) is 32.7 Å². The van der Waals surface area contributed by atoms with Crippen molar-refractivity contribution in [2.75, 3.05) is 32.7 Å². The van der Waals surface area contributed by atoms with E-state index in [1.54, 1.807) is 18.2 Å². The van der Waals surface area contributed by atoms with Crippen LogP contribution in [0.5, 0.6) is 0 Å². The third kappa shape index (κ3) is 2.97. The number of carbonyl (C=O) groups is 1. The van der Waals surface area contributed by atoms with Crippen LogP contribution in [0.4, 0.5) is 0 Å². The average molecular weight is 287 g/mol. The normalized spacial score (nSPS) is 16.9. The van der Waals surface area contributed by atoms with Crippen molar-refractivity contribution >= 4 is 29.1 Å². The van der Waals surface area contributed by atoms with Crippen molar-refractivity contribution in [1.82, 2.24) is 9.80 Å². The van der Waals surface area contributed by atoms with Gasteiger partial charge >= 0.3 is 0 Å². The molecule has 1 saturated heterocycles. The zero-order chi connectivity index (χ0) is 13.1. The van der Waals surface area contributed by atoms with Gasteiger partial charge in [0.1, 0.15) is 0 Å². The van der Waals surface area contributed by atoms with Crippen LogP contribution in [-0.4, -0.2) is 48.4 Å². The van der Waals surface area contributed by atoms with Gasteiger partial charge in [-0.3, -0.25) is 4.79 Å². The van der Waals surface area contributed by atoms with Crippen molar-refractivity contribution in [1.29, 1.82) is 0 Å². The number of piperazine rings is 1. The molecule has 0 bridgehead atoms. The van der Waals surface area contributed by atoms with Gasteiger partial charge in [-0.1, -0.05) is 30.1 Å². The van der Waals surface area contributed by atoms with Gasteiger partial charge < -0.3 is 9.80 Å². The van der Waals surface area contributed by atoms with Crippen LogP contribution in [-0.2, 0) is 0 Å². The van der Waals surface area contributed by atoms with Crippen molar-refractivity contribution in [3.05, 3.63) is 33.8 Å². The summed E-state index contributed by atoms with van der Waals surface area (Å²) in [4.78, 5) is 16.5. The Hall–Kier alpha value is -0.770. The van der Waals surface area contributed by atoms with Crippen LogP contribution in [0.25, 0.3) is 0 Å². The van der Waals surface area contributed by atoms with Gasteiger partial charge in [-0.2, -0.15) is 0 Å². The lowest BCUT2D eigenvalue weighted by Gasteiger charge is -2.34. The molecule has 0 atom stereocenters. The Labute approximate surface area is 117 Å². The summed E-state index contributed by atoms with van der Waals surface area (Å²) < 4.78 is 0. The van der Waals surface area contributed by atoms with Crippen molar-refractivity contribution < 1.29 is 4.79 Å². The molecule has 0 unspecified atom stereocenters. The third-order valence-corrected chi connectivity index (χ3v) is 3.82. The fraction of sp³-hybridized carbons (Fsp3) is 0.462. The average Bonchev–Trinajstić information content (AvgIpc) is 2.38. The molecule has 5 heteroatoms. The first-order valence-corrected chi connectivity index (χ1v) is 6.84. The first-order valence-electron chi connectivity index (χ1n) is 6.08. The van der Waals surface area contributed by atoms with Crippen molar-refractivity contribution in [3.8, 4) is 0 Å². The fourth-order valence-electron chi connectivity index (χ4n) is 2.10. The second-order valence-corrected chi connectivity index (χ2v) is 5.19. The van der Waals surface area contributed by atoms with Crippen LogP contribution in [0.1, 0.15) is 17.3 Å². The molecule has 98 valence electrons. The second-order valence-electron chi connectivity index (χ2n) is 4.35. The summed E-state index contributed by atoms with van der Waals surface area (Å²) >= 11 is 11.9. The Balaban J connectivity index is 2.08. The maximum atomic E-state index is 12.3. The van der Waals surface area contributed by atoms with E-state index in [0.29, 0.717) is 15.6 Å². The Morgan fingerprint density at radius 3 is 2.44 bits per heavy atom. The number of amides is 1. The summed E-state index contributed by atoms with van der Waals surface area (Å²) in [5.41, 5.74) is 0.533. The number of hydrogen-bond acceptors (Lipinski definition) is 2. The van der Waals surface area contributed by atoms with Crippen LogP contribution < -0.4 is 0 Å². The van der Waals surface area contributed by atoms with E-state index in [1.807, 2.05) is 4.90 Å². The molecule has 3 nitrogen and oxygen atoms in total. The molecule has 0 N–H and O–H groups in total. The fourth-order valence-corrected chi connectivity index (χ4v) is 2.59. The molecule has 1 fully saturated rings. The molecule has 2 rings (SSSR count). The van der Waals surface area contributed by atoms with Crippen LogP contribution in [0, 0.1) is 0 Å². The summed E-state index contributed by atoms with van der Waals surface area (Å²) in [6.45, 7) is 6.52. The smallest absolute Gasteiger partial charge is 0.255 e. The maximum absolute atomic E-state index is 12.3. The van der Waals surface area contributed by atoms with E-state index in [4.69, 9.17) is 23.2 Å². The lowest BCUT2D eigenvalue weighted by Crippen LogP contribution is -2.48. The second kappa shape index (κ2) is 5.91. The zero-order valence-electron chi connectivity index (χ0n) is 10.3. The summed E-state index contributed by atoms with van der Waals surface area (Å²) in [6, 6.07) is 5.00. The number of carbonyl (C=O) groups excluding carboxylic acids is 1. The molecule has 18 heavy (non-hydrogen) atoms. The Morgan fingerprint density at radius 1 is 1.22 bits per heavy atom. The van der Waals surface area contributed by atoms with Gasteiger partial charge in [-0.05, 0) is 24.7 Å². The molecule has 1 heterocycles. The highest BCUT2D eigenvalue weighted by atomic mass is 35.5. The molecule has 0 radical (unpaired) electrons. The zero-order valence-corrected chi connectivity index (χ0v) is 11.8. The summed E-state index contributed by atoms with van der Waals surface area (Å²) in [5, 5.41) is 0.970. The summed E-state index contributed by atoms with van der Waals surface area (Å²) in [5.74, 6) is -0.00702. The van der Waals surface area contributed by atoms with Gasteiger partial charge in [-0.25, -0.2) is 0 Å². The van der Waals surface area contributed by atoms with Crippen LogP contribution in [0.3, 0.4) is 0 Å². The topological polar surface area (TPSA) is 23.6 Å². The van der Waals surface area contributed by atoms with Crippen molar-refractivity contribution in [2.24, 2.45) is 0 Å². The van der Waals surface area contributed by atoms with Gasteiger partial charge in [0.2, 0.25) is 0 Å². The molecule has 0 saturated carbocycles. The van der Waals surface area contributed by atoms with Gasteiger partial charge in [0.15, 0.2) is 0 Å². The highest BCUT2D eigenvalue weighted by Crippen LogP contribution is 2.22. The maximum Gasteiger partial charge on any atom is 0.255 e. The predicted molar refractivity (Wildman–Crippen MR) is 74.5 cm³/mol. The van der Waals surface area contributed by atoms with Crippen LogP contribution in [0.15, 0.2) is 18.2 Å². The molecule has 0 spiro atoms. The van der Waals surface area contributed by atoms with E-state index in [9.17, 15) is 4.79 Å². The van der Waals surface area contributed by atoms with Gasteiger partial charge in [0.25, 0.3) is 5.91 Å². The molecular formula is C13H16Cl2N2O. The number of benzene rings is 1. The van der Waals surface area contributed by atoms with E-state index in [2.05, 4.69) is 11.8 Å². The Kier molecular flexibility index (Phi) is 4.49. The number of rotatable bonds is 2. The highest BCUT2D eigenvalue weighted by molar-refractivity contribution is 6.36. The monoisotopic (exact) mass is 286 g/mol.